The predicted molar refractivity (Wildman–Crippen MR) is 119 cm³/mol. The third kappa shape index (κ3) is 6.31. The summed E-state index contributed by atoms with van der Waals surface area (Å²) in [6, 6.07) is 15.3. The number of fused-ring (bicyclic) bond motifs is 1. The summed E-state index contributed by atoms with van der Waals surface area (Å²) in [7, 11) is 3.01. The second-order valence-electron chi connectivity index (χ2n) is 7.36. The maximum absolute atomic E-state index is 12.1. The molecule has 2 aromatic carbocycles. The second kappa shape index (κ2) is 11.2. The minimum atomic E-state index is -0.288. The molecule has 1 aromatic heterocycles. The largest absolute Gasteiger partial charge is 0.497 e. The maximum Gasteiger partial charge on any atom is 0.325 e. The number of carbonyl (C=O) groups is 2. The van der Waals surface area contributed by atoms with E-state index in [2.05, 4.69) is 10.3 Å². The zero-order valence-corrected chi connectivity index (χ0v) is 18.1. The van der Waals surface area contributed by atoms with Crippen molar-refractivity contribution < 1.29 is 19.1 Å². The van der Waals surface area contributed by atoms with E-state index in [1.54, 1.807) is 7.11 Å². The van der Waals surface area contributed by atoms with Gasteiger partial charge in [-0.1, -0.05) is 30.7 Å². The van der Waals surface area contributed by atoms with Crippen molar-refractivity contribution in [2.24, 2.45) is 0 Å². The monoisotopic (exact) mass is 423 g/mol. The van der Waals surface area contributed by atoms with Crippen molar-refractivity contribution in [3.8, 4) is 5.75 Å². The number of ether oxygens (including phenoxy) is 2. The molecule has 1 amide bonds. The van der Waals surface area contributed by atoms with Crippen LogP contribution in [0.5, 0.6) is 5.75 Å². The van der Waals surface area contributed by atoms with E-state index in [0.29, 0.717) is 13.0 Å². The molecule has 3 rings (SSSR count). The molecule has 0 saturated heterocycles. The molecular weight excluding hydrogens is 394 g/mol. The topological polar surface area (TPSA) is 82.5 Å². The van der Waals surface area contributed by atoms with Crippen LogP contribution in [-0.2, 0) is 33.7 Å². The molecule has 0 bridgehead atoms. The number of carbonyl (C=O) groups excluding carboxylic acids is 2. The van der Waals surface area contributed by atoms with E-state index in [0.717, 1.165) is 53.9 Å². The van der Waals surface area contributed by atoms with E-state index in [4.69, 9.17) is 9.47 Å². The molecule has 0 atom stereocenters. The Morgan fingerprint density at radius 2 is 1.77 bits per heavy atom. The number of hydrogen-bond acceptors (Lipinski definition) is 5. The number of unbranched alkanes of at least 4 members (excludes halogenated alkanes) is 2. The number of imidazole rings is 1. The lowest BCUT2D eigenvalue weighted by Crippen LogP contribution is -2.26. The zero-order chi connectivity index (χ0) is 22.1. The summed E-state index contributed by atoms with van der Waals surface area (Å²) in [6.07, 6.45) is 3.92. The lowest BCUT2D eigenvalue weighted by atomic mass is 10.1. The van der Waals surface area contributed by atoms with Crippen LogP contribution in [-0.4, -0.2) is 42.2 Å². The molecule has 0 fully saturated rings. The first-order valence-corrected chi connectivity index (χ1v) is 10.5. The number of aromatic nitrogens is 2. The summed E-state index contributed by atoms with van der Waals surface area (Å²) >= 11 is 0. The standard InChI is InChI=1S/C24H29N3O4/c1-30-19-13-11-18(12-14-19)16-23(28)25-15-7-3-4-10-22-26-20-8-5-6-9-21(20)27(22)17-24(29)31-2/h5-6,8-9,11-14H,3-4,7,10,15-17H2,1-2H3,(H,25,28). The molecule has 0 unspecified atom stereocenters. The number of aryl methyl sites for hydroxylation is 1. The quantitative estimate of drug-likeness (QED) is 0.378. The molecule has 1 heterocycles. The molecule has 31 heavy (non-hydrogen) atoms. The summed E-state index contributed by atoms with van der Waals surface area (Å²) in [6.45, 7) is 0.807. The SMILES string of the molecule is COC(=O)Cn1c(CCCCCNC(=O)Cc2ccc(OC)cc2)nc2ccccc21. The van der Waals surface area contributed by atoms with Gasteiger partial charge >= 0.3 is 5.97 Å². The number of methoxy groups -OCH3 is 2. The summed E-state index contributed by atoms with van der Waals surface area (Å²) in [5.74, 6) is 1.40. The van der Waals surface area contributed by atoms with Gasteiger partial charge in [0.05, 0.1) is 31.7 Å². The fraction of sp³-hybridized carbons (Fsp3) is 0.375. The van der Waals surface area contributed by atoms with Gasteiger partial charge in [-0.25, -0.2) is 4.98 Å². The highest BCUT2D eigenvalue weighted by molar-refractivity contribution is 5.79. The minimum Gasteiger partial charge on any atom is -0.497 e. The molecule has 0 radical (unpaired) electrons. The van der Waals surface area contributed by atoms with E-state index in [1.807, 2.05) is 53.1 Å². The number of benzene rings is 2. The maximum atomic E-state index is 12.1. The van der Waals surface area contributed by atoms with E-state index >= 15 is 0 Å². The number of nitrogens with one attached hydrogen (secondary N) is 1. The van der Waals surface area contributed by atoms with Crippen molar-refractivity contribution in [3.05, 3.63) is 59.9 Å². The molecule has 0 aliphatic heterocycles. The Labute approximate surface area is 182 Å². The Hall–Kier alpha value is -3.35. The number of amides is 1. The van der Waals surface area contributed by atoms with Crippen LogP contribution in [0.25, 0.3) is 11.0 Å². The molecule has 0 aliphatic carbocycles. The van der Waals surface area contributed by atoms with Crippen molar-refractivity contribution in [3.63, 3.8) is 0 Å². The molecule has 1 N–H and O–H groups in total. The van der Waals surface area contributed by atoms with E-state index in [1.165, 1.54) is 7.11 Å². The van der Waals surface area contributed by atoms with Gasteiger partial charge < -0.3 is 19.4 Å². The summed E-state index contributed by atoms with van der Waals surface area (Å²) in [4.78, 5) is 28.6. The van der Waals surface area contributed by atoms with Crippen molar-refractivity contribution >= 4 is 22.9 Å². The van der Waals surface area contributed by atoms with Crippen LogP contribution in [0, 0.1) is 0 Å². The fourth-order valence-corrected chi connectivity index (χ4v) is 3.49. The van der Waals surface area contributed by atoms with Gasteiger partial charge in [-0.05, 0) is 42.7 Å². The van der Waals surface area contributed by atoms with Crippen LogP contribution >= 0.6 is 0 Å². The molecular formula is C24H29N3O4. The average Bonchev–Trinajstić information content (AvgIpc) is 3.13. The molecule has 0 spiro atoms. The Kier molecular flexibility index (Phi) is 8.04. The average molecular weight is 424 g/mol. The highest BCUT2D eigenvalue weighted by atomic mass is 16.5. The van der Waals surface area contributed by atoms with Gasteiger partial charge in [-0.2, -0.15) is 0 Å². The van der Waals surface area contributed by atoms with Crippen LogP contribution < -0.4 is 10.1 Å². The Balaban J connectivity index is 1.42. The minimum absolute atomic E-state index is 0.0186. The van der Waals surface area contributed by atoms with Gasteiger partial charge in [0.1, 0.15) is 18.1 Å². The third-order valence-corrected chi connectivity index (χ3v) is 5.17. The van der Waals surface area contributed by atoms with Gasteiger partial charge in [0, 0.05) is 13.0 Å². The number of rotatable bonds is 11. The molecule has 7 heteroatoms. The second-order valence-corrected chi connectivity index (χ2v) is 7.36. The number of para-hydroxylation sites is 2. The zero-order valence-electron chi connectivity index (χ0n) is 18.1. The first-order chi connectivity index (χ1) is 15.1. The molecule has 3 aromatic rings. The Bertz CT molecular complexity index is 1010. The lowest BCUT2D eigenvalue weighted by molar-refractivity contribution is -0.141. The van der Waals surface area contributed by atoms with Gasteiger partial charge in [-0.3, -0.25) is 9.59 Å². The van der Waals surface area contributed by atoms with Gasteiger partial charge in [0.2, 0.25) is 5.91 Å². The normalized spacial score (nSPS) is 10.8. The molecule has 0 aliphatic rings. The smallest absolute Gasteiger partial charge is 0.325 e. The third-order valence-electron chi connectivity index (χ3n) is 5.17. The first-order valence-electron chi connectivity index (χ1n) is 10.5. The molecule has 0 saturated carbocycles. The highest BCUT2D eigenvalue weighted by Crippen LogP contribution is 2.18. The van der Waals surface area contributed by atoms with Gasteiger partial charge in [-0.15, -0.1) is 0 Å². The number of hydrogen-bond donors (Lipinski definition) is 1. The predicted octanol–water partition coefficient (Wildman–Crippen LogP) is 3.29. The Morgan fingerprint density at radius 3 is 2.52 bits per heavy atom. The summed E-state index contributed by atoms with van der Waals surface area (Å²) < 4.78 is 11.9. The van der Waals surface area contributed by atoms with Crippen molar-refractivity contribution in [2.45, 2.75) is 38.6 Å². The fourth-order valence-electron chi connectivity index (χ4n) is 3.49. The van der Waals surface area contributed by atoms with Crippen molar-refractivity contribution in [2.75, 3.05) is 20.8 Å². The Morgan fingerprint density at radius 1 is 1.00 bits per heavy atom. The first kappa shape index (κ1) is 22.3. The molecule has 164 valence electrons. The summed E-state index contributed by atoms with van der Waals surface area (Å²) in [5.41, 5.74) is 2.78. The van der Waals surface area contributed by atoms with E-state index in [9.17, 15) is 9.59 Å². The highest BCUT2D eigenvalue weighted by Gasteiger charge is 2.13. The number of nitrogens with zero attached hydrogens (tertiary/aromatic N) is 2. The van der Waals surface area contributed by atoms with E-state index < -0.39 is 0 Å². The van der Waals surface area contributed by atoms with E-state index in [-0.39, 0.29) is 18.4 Å². The van der Waals surface area contributed by atoms with Crippen LogP contribution in [0.15, 0.2) is 48.5 Å². The van der Waals surface area contributed by atoms with Gasteiger partial charge in [0.15, 0.2) is 0 Å². The van der Waals surface area contributed by atoms with Crippen molar-refractivity contribution in [1.29, 1.82) is 0 Å². The van der Waals surface area contributed by atoms with Crippen LogP contribution in [0.1, 0.15) is 30.7 Å². The lowest BCUT2D eigenvalue weighted by Gasteiger charge is -2.08. The van der Waals surface area contributed by atoms with Gasteiger partial charge in [0.25, 0.3) is 0 Å². The van der Waals surface area contributed by atoms with Crippen LogP contribution in [0.3, 0.4) is 0 Å². The van der Waals surface area contributed by atoms with Crippen molar-refractivity contribution in [1.82, 2.24) is 14.9 Å². The van der Waals surface area contributed by atoms with Crippen LogP contribution in [0.4, 0.5) is 0 Å². The number of esters is 1. The summed E-state index contributed by atoms with van der Waals surface area (Å²) in [5, 5.41) is 2.97. The molecule has 7 nitrogen and oxygen atoms in total. The van der Waals surface area contributed by atoms with Crippen LogP contribution in [0.2, 0.25) is 0 Å².